The van der Waals surface area contributed by atoms with Crippen LogP contribution in [0.5, 0.6) is 0 Å². The minimum atomic E-state index is -0.657. The molecule has 0 spiro atoms. The number of carbonyl (C=O) groups excluding carboxylic acids is 1. The van der Waals surface area contributed by atoms with Gasteiger partial charge in [0.2, 0.25) is 5.91 Å². The summed E-state index contributed by atoms with van der Waals surface area (Å²) in [6, 6.07) is -0.534. The van der Waals surface area contributed by atoms with Crippen LogP contribution in [0.1, 0.15) is 290 Å². The molecule has 0 aliphatic heterocycles. The molecule has 2 atom stereocenters. The lowest BCUT2D eigenvalue weighted by molar-refractivity contribution is -0.123. The van der Waals surface area contributed by atoms with E-state index in [-0.39, 0.29) is 12.5 Å². The average molecular weight is 776 g/mol. The molecule has 0 radical (unpaired) electrons. The number of aliphatic hydroxyl groups is 2. The Kier molecular flexibility index (Phi) is 46.8. The molecule has 0 aliphatic carbocycles. The summed E-state index contributed by atoms with van der Waals surface area (Å²) in [4.78, 5) is 12.5. The van der Waals surface area contributed by atoms with E-state index in [1.807, 2.05) is 0 Å². The zero-order chi connectivity index (χ0) is 40.0. The fourth-order valence-corrected chi connectivity index (χ4v) is 8.12. The lowest BCUT2D eigenvalue weighted by Crippen LogP contribution is -2.45. The van der Waals surface area contributed by atoms with Crippen molar-refractivity contribution in [1.82, 2.24) is 5.32 Å². The van der Waals surface area contributed by atoms with E-state index in [0.29, 0.717) is 12.8 Å². The molecule has 0 aromatic heterocycles. The van der Waals surface area contributed by atoms with Crippen LogP contribution in [0.4, 0.5) is 0 Å². The highest BCUT2D eigenvalue weighted by atomic mass is 16.3. The molecule has 1 amide bonds. The first-order valence-corrected chi connectivity index (χ1v) is 25.4. The van der Waals surface area contributed by atoms with E-state index in [2.05, 4.69) is 31.3 Å². The van der Waals surface area contributed by atoms with Gasteiger partial charge in [-0.25, -0.2) is 0 Å². The van der Waals surface area contributed by atoms with E-state index in [4.69, 9.17) is 0 Å². The third kappa shape index (κ3) is 44.1. The van der Waals surface area contributed by atoms with Gasteiger partial charge in [-0.1, -0.05) is 257 Å². The van der Waals surface area contributed by atoms with E-state index in [9.17, 15) is 15.0 Å². The fourth-order valence-electron chi connectivity index (χ4n) is 8.12. The Morgan fingerprint density at radius 2 is 0.691 bits per heavy atom. The normalized spacial score (nSPS) is 12.9. The van der Waals surface area contributed by atoms with Crippen molar-refractivity contribution in [3.8, 4) is 0 Å². The Morgan fingerprint density at radius 3 is 1.00 bits per heavy atom. The monoisotopic (exact) mass is 776 g/mol. The van der Waals surface area contributed by atoms with Crippen LogP contribution in [-0.4, -0.2) is 34.9 Å². The van der Waals surface area contributed by atoms with Gasteiger partial charge in [0, 0.05) is 6.42 Å². The van der Waals surface area contributed by atoms with E-state index in [1.54, 1.807) is 0 Å². The first-order chi connectivity index (χ1) is 27.2. The smallest absolute Gasteiger partial charge is 0.220 e. The number of carbonyl (C=O) groups is 1. The zero-order valence-corrected chi connectivity index (χ0v) is 37.7. The predicted molar refractivity (Wildman–Crippen MR) is 244 cm³/mol. The summed E-state index contributed by atoms with van der Waals surface area (Å²) in [6.45, 7) is 4.39. The Hall–Kier alpha value is -0.870. The quantitative estimate of drug-likeness (QED) is 0.0426. The maximum absolute atomic E-state index is 12.5. The summed E-state index contributed by atoms with van der Waals surface area (Å²) in [7, 11) is 0. The summed E-state index contributed by atoms with van der Waals surface area (Å²) in [6.07, 6.45) is 60.3. The van der Waals surface area contributed by atoms with Gasteiger partial charge in [-0.15, -0.1) is 0 Å². The van der Waals surface area contributed by atoms with E-state index < -0.39 is 12.1 Å². The number of aliphatic hydroxyl groups excluding tert-OH is 2. The molecule has 3 N–H and O–H groups in total. The predicted octanol–water partition coefficient (Wildman–Crippen LogP) is 16.2. The Labute approximate surface area is 346 Å². The second-order valence-electron chi connectivity index (χ2n) is 17.6. The standard InChI is InChI=1S/C51H101NO3/c1-3-5-7-9-11-13-15-17-19-21-23-24-25-26-27-28-29-31-33-35-37-39-41-43-45-47-51(55)52-49(48-53)50(54)46-44-42-40-38-36-34-32-30-22-20-18-16-14-12-10-8-6-4-2/h26-27,49-50,53-54H,3-25,28-48H2,1-2H3,(H,52,55)/b27-26-. The highest BCUT2D eigenvalue weighted by molar-refractivity contribution is 5.76. The number of hydrogen-bond acceptors (Lipinski definition) is 3. The number of unbranched alkanes of at least 4 members (excludes halogenated alkanes) is 38. The van der Waals surface area contributed by atoms with Crippen LogP contribution in [0.15, 0.2) is 12.2 Å². The molecule has 55 heavy (non-hydrogen) atoms. The second-order valence-corrected chi connectivity index (χ2v) is 17.6. The minimum absolute atomic E-state index is 0.0287. The third-order valence-electron chi connectivity index (χ3n) is 12.0. The molecule has 0 saturated carbocycles. The molecule has 0 aliphatic rings. The van der Waals surface area contributed by atoms with Gasteiger partial charge in [0.05, 0.1) is 18.8 Å². The van der Waals surface area contributed by atoms with Crippen LogP contribution in [0.2, 0.25) is 0 Å². The highest BCUT2D eigenvalue weighted by Gasteiger charge is 2.20. The minimum Gasteiger partial charge on any atom is -0.394 e. The Bertz CT molecular complexity index is 754. The summed E-state index contributed by atoms with van der Waals surface area (Å²) in [5.41, 5.74) is 0. The molecule has 0 aromatic carbocycles. The molecular formula is C51H101NO3. The van der Waals surface area contributed by atoms with Crippen molar-refractivity contribution in [2.24, 2.45) is 0 Å². The summed E-state index contributed by atoms with van der Waals surface area (Å²) >= 11 is 0. The molecule has 4 heteroatoms. The Balaban J connectivity index is 3.45. The molecule has 328 valence electrons. The summed E-state index contributed by atoms with van der Waals surface area (Å²) in [5.74, 6) is -0.0287. The van der Waals surface area contributed by atoms with E-state index in [0.717, 1.165) is 25.7 Å². The highest BCUT2D eigenvalue weighted by Crippen LogP contribution is 2.17. The van der Waals surface area contributed by atoms with Gasteiger partial charge in [0.25, 0.3) is 0 Å². The maximum Gasteiger partial charge on any atom is 0.220 e. The van der Waals surface area contributed by atoms with Crippen LogP contribution in [-0.2, 0) is 4.79 Å². The van der Waals surface area contributed by atoms with Gasteiger partial charge in [-0.2, -0.15) is 0 Å². The summed E-state index contributed by atoms with van der Waals surface area (Å²) < 4.78 is 0. The lowest BCUT2D eigenvalue weighted by atomic mass is 10.0. The molecule has 4 nitrogen and oxygen atoms in total. The maximum atomic E-state index is 12.5. The molecule has 0 heterocycles. The van der Waals surface area contributed by atoms with Crippen molar-refractivity contribution >= 4 is 5.91 Å². The number of hydrogen-bond donors (Lipinski definition) is 3. The fraction of sp³-hybridized carbons (Fsp3) is 0.941. The first kappa shape index (κ1) is 54.1. The van der Waals surface area contributed by atoms with Crippen molar-refractivity contribution in [2.75, 3.05) is 6.61 Å². The number of amides is 1. The zero-order valence-electron chi connectivity index (χ0n) is 37.7. The molecule has 0 aromatic rings. The van der Waals surface area contributed by atoms with Gasteiger partial charge >= 0.3 is 0 Å². The van der Waals surface area contributed by atoms with Gasteiger partial charge in [0.1, 0.15) is 0 Å². The van der Waals surface area contributed by atoms with Crippen molar-refractivity contribution in [3.63, 3.8) is 0 Å². The SMILES string of the molecule is CCCCCCCCCCCCCC/C=C\CCCCCCCCCCCC(=O)NC(CO)C(O)CCCCCCCCCCCCCCCCCCCC. The number of rotatable bonds is 47. The summed E-state index contributed by atoms with van der Waals surface area (Å²) in [5, 5.41) is 23.3. The molecule has 0 fully saturated rings. The number of nitrogens with one attached hydrogen (secondary N) is 1. The third-order valence-corrected chi connectivity index (χ3v) is 12.0. The van der Waals surface area contributed by atoms with E-state index >= 15 is 0 Å². The van der Waals surface area contributed by atoms with Crippen LogP contribution >= 0.6 is 0 Å². The van der Waals surface area contributed by atoms with Crippen LogP contribution in [0.25, 0.3) is 0 Å². The van der Waals surface area contributed by atoms with Gasteiger partial charge in [-0.05, 0) is 38.5 Å². The second kappa shape index (κ2) is 47.5. The number of allylic oxidation sites excluding steroid dienone is 2. The van der Waals surface area contributed by atoms with Crippen LogP contribution < -0.4 is 5.32 Å². The largest absolute Gasteiger partial charge is 0.394 e. The van der Waals surface area contributed by atoms with Crippen LogP contribution in [0, 0.1) is 0 Å². The van der Waals surface area contributed by atoms with E-state index in [1.165, 1.54) is 238 Å². The van der Waals surface area contributed by atoms with Crippen molar-refractivity contribution in [3.05, 3.63) is 12.2 Å². The molecule has 0 saturated heterocycles. The van der Waals surface area contributed by atoms with Crippen LogP contribution in [0.3, 0.4) is 0 Å². The van der Waals surface area contributed by atoms with Gasteiger partial charge < -0.3 is 15.5 Å². The molecule has 2 unspecified atom stereocenters. The molecular weight excluding hydrogens is 675 g/mol. The van der Waals surface area contributed by atoms with Crippen molar-refractivity contribution in [2.45, 2.75) is 302 Å². The molecule has 0 bridgehead atoms. The Morgan fingerprint density at radius 1 is 0.418 bits per heavy atom. The van der Waals surface area contributed by atoms with Gasteiger partial charge in [0.15, 0.2) is 0 Å². The van der Waals surface area contributed by atoms with Crippen molar-refractivity contribution in [1.29, 1.82) is 0 Å². The topological polar surface area (TPSA) is 69.6 Å². The first-order valence-electron chi connectivity index (χ1n) is 25.4. The lowest BCUT2D eigenvalue weighted by Gasteiger charge is -2.22. The average Bonchev–Trinajstić information content (AvgIpc) is 3.19. The molecule has 0 rings (SSSR count). The van der Waals surface area contributed by atoms with Gasteiger partial charge in [-0.3, -0.25) is 4.79 Å². The van der Waals surface area contributed by atoms with Crippen molar-refractivity contribution < 1.29 is 15.0 Å².